The van der Waals surface area contributed by atoms with Crippen molar-refractivity contribution in [3.63, 3.8) is 0 Å². The number of aromatic nitrogens is 1. The molecule has 0 N–H and O–H groups in total. The molecule has 1 saturated heterocycles. The van der Waals surface area contributed by atoms with Gasteiger partial charge in [-0.15, -0.1) is 0 Å². The summed E-state index contributed by atoms with van der Waals surface area (Å²) in [6.45, 7) is 2.54. The number of imide groups is 1. The van der Waals surface area contributed by atoms with E-state index in [-0.39, 0.29) is 11.1 Å². The summed E-state index contributed by atoms with van der Waals surface area (Å²) in [4.78, 5) is 27.4. The molecular formula is C27H19N3O2S. The molecule has 0 aliphatic carbocycles. The van der Waals surface area contributed by atoms with Crippen molar-refractivity contribution in [3.8, 4) is 6.07 Å². The lowest BCUT2D eigenvalue weighted by molar-refractivity contribution is -0.113. The molecule has 1 fully saturated rings. The zero-order valence-electron chi connectivity index (χ0n) is 17.9. The minimum atomic E-state index is -0.317. The SMILES string of the molecule is Cc1c(/C=C2\SC(=O)N(c3ccccc3)C2=O)c2ccccc2n1Cc1ccccc1C#N. The summed E-state index contributed by atoms with van der Waals surface area (Å²) in [5.74, 6) is -0.317. The monoisotopic (exact) mass is 449 g/mol. The Balaban J connectivity index is 1.59. The summed E-state index contributed by atoms with van der Waals surface area (Å²) in [6, 6.07) is 26.8. The Bertz CT molecular complexity index is 1480. The lowest BCUT2D eigenvalue weighted by Gasteiger charge is -2.11. The van der Waals surface area contributed by atoms with Crippen LogP contribution in [0.5, 0.6) is 0 Å². The van der Waals surface area contributed by atoms with Crippen LogP contribution in [-0.2, 0) is 11.3 Å². The number of nitriles is 1. The van der Waals surface area contributed by atoms with Crippen molar-refractivity contribution < 1.29 is 9.59 Å². The Morgan fingerprint density at radius 1 is 0.939 bits per heavy atom. The summed E-state index contributed by atoms with van der Waals surface area (Å²) in [6.07, 6.45) is 1.82. The van der Waals surface area contributed by atoms with Gasteiger partial charge in [0.05, 0.1) is 22.2 Å². The first kappa shape index (κ1) is 20.8. The molecular weight excluding hydrogens is 430 g/mol. The molecule has 0 radical (unpaired) electrons. The highest BCUT2D eigenvalue weighted by molar-refractivity contribution is 8.19. The van der Waals surface area contributed by atoms with E-state index in [1.54, 1.807) is 24.3 Å². The largest absolute Gasteiger partial charge is 0.340 e. The minimum absolute atomic E-state index is 0.304. The summed E-state index contributed by atoms with van der Waals surface area (Å²) >= 11 is 0.954. The molecule has 2 heterocycles. The van der Waals surface area contributed by atoms with E-state index < -0.39 is 0 Å². The van der Waals surface area contributed by atoms with Gasteiger partial charge in [0, 0.05) is 28.7 Å². The van der Waals surface area contributed by atoms with Crippen LogP contribution in [0.1, 0.15) is 22.4 Å². The third kappa shape index (κ3) is 3.63. The first-order valence-electron chi connectivity index (χ1n) is 10.5. The van der Waals surface area contributed by atoms with Gasteiger partial charge in [0.1, 0.15) is 0 Å². The Kier molecular flexibility index (Phi) is 5.33. The van der Waals surface area contributed by atoms with Crippen molar-refractivity contribution in [3.05, 3.63) is 106 Å². The van der Waals surface area contributed by atoms with E-state index in [2.05, 4.69) is 10.6 Å². The van der Waals surface area contributed by atoms with Gasteiger partial charge in [0.15, 0.2) is 0 Å². The van der Waals surface area contributed by atoms with Crippen molar-refractivity contribution in [2.75, 3.05) is 4.90 Å². The molecule has 5 rings (SSSR count). The van der Waals surface area contributed by atoms with Crippen LogP contribution in [0.15, 0.2) is 83.8 Å². The standard InChI is InChI=1S/C27H19N3O2S/c1-18-23(15-25-26(31)30(27(32)33-25)21-11-3-2-4-12-21)22-13-7-8-14-24(22)29(18)17-20-10-6-5-9-19(20)16-28/h2-15H,17H2,1H3/b25-15-. The molecule has 0 spiro atoms. The fourth-order valence-corrected chi connectivity index (χ4v) is 5.00. The molecule has 4 aromatic rings. The average Bonchev–Trinajstić information content (AvgIpc) is 3.27. The van der Waals surface area contributed by atoms with Gasteiger partial charge in [-0.1, -0.05) is 54.6 Å². The number of amides is 2. The zero-order chi connectivity index (χ0) is 22.9. The van der Waals surface area contributed by atoms with E-state index in [9.17, 15) is 14.9 Å². The van der Waals surface area contributed by atoms with Gasteiger partial charge in [0.2, 0.25) is 0 Å². The molecule has 1 aromatic heterocycles. The van der Waals surface area contributed by atoms with Crippen molar-refractivity contribution in [2.45, 2.75) is 13.5 Å². The third-order valence-electron chi connectivity index (χ3n) is 5.83. The third-order valence-corrected chi connectivity index (χ3v) is 6.70. The van der Waals surface area contributed by atoms with Gasteiger partial charge in [-0.25, -0.2) is 4.90 Å². The van der Waals surface area contributed by atoms with Crippen LogP contribution in [0.3, 0.4) is 0 Å². The molecule has 0 unspecified atom stereocenters. The molecule has 1 aliphatic heterocycles. The van der Waals surface area contributed by atoms with E-state index in [0.717, 1.165) is 39.5 Å². The first-order chi connectivity index (χ1) is 16.1. The normalized spacial score (nSPS) is 14.9. The van der Waals surface area contributed by atoms with E-state index >= 15 is 0 Å². The number of rotatable bonds is 4. The maximum Gasteiger partial charge on any atom is 0.298 e. The maximum atomic E-state index is 13.1. The fraction of sp³-hybridized carbons (Fsp3) is 0.0741. The van der Waals surface area contributed by atoms with E-state index in [1.165, 1.54) is 4.90 Å². The number of carbonyl (C=O) groups excluding carboxylic acids is 2. The molecule has 0 atom stereocenters. The number of anilines is 1. The number of para-hydroxylation sites is 2. The van der Waals surface area contributed by atoms with Crippen LogP contribution in [0, 0.1) is 18.3 Å². The fourth-order valence-electron chi connectivity index (χ4n) is 4.18. The Morgan fingerprint density at radius 2 is 1.64 bits per heavy atom. The van der Waals surface area contributed by atoms with E-state index in [0.29, 0.717) is 22.7 Å². The summed E-state index contributed by atoms with van der Waals surface area (Å²) in [7, 11) is 0. The number of hydrogen-bond donors (Lipinski definition) is 0. The number of thioether (sulfide) groups is 1. The Labute approximate surface area is 195 Å². The second kappa shape index (κ2) is 8.45. The van der Waals surface area contributed by atoms with Gasteiger partial charge in [0.25, 0.3) is 11.1 Å². The summed E-state index contributed by atoms with van der Waals surface area (Å²) < 4.78 is 2.15. The van der Waals surface area contributed by atoms with Crippen molar-refractivity contribution >= 4 is 45.6 Å². The van der Waals surface area contributed by atoms with Crippen LogP contribution < -0.4 is 4.90 Å². The number of fused-ring (bicyclic) bond motifs is 1. The molecule has 33 heavy (non-hydrogen) atoms. The van der Waals surface area contributed by atoms with Crippen LogP contribution >= 0.6 is 11.8 Å². The van der Waals surface area contributed by atoms with Crippen molar-refractivity contribution in [2.24, 2.45) is 0 Å². The van der Waals surface area contributed by atoms with E-state index in [1.807, 2.05) is 67.6 Å². The molecule has 2 amide bonds. The average molecular weight is 450 g/mol. The smallest absolute Gasteiger partial charge is 0.298 e. The van der Waals surface area contributed by atoms with Crippen molar-refractivity contribution in [1.29, 1.82) is 5.26 Å². The number of hydrogen-bond acceptors (Lipinski definition) is 4. The molecule has 5 nitrogen and oxygen atoms in total. The van der Waals surface area contributed by atoms with Gasteiger partial charge in [-0.3, -0.25) is 9.59 Å². The molecule has 3 aromatic carbocycles. The lowest BCUT2D eigenvalue weighted by Crippen LogP contribution is -2.27. The maximum absolute atomic E-state index is 13.1. The highest BCUT2D eigenvalue weighted by Gasteiger charge is 2.36. The predicted molar refractivity (Wildman–Crippen MR) is 132 cm³/mol. The highest BCUT2D eigenvalue weighted by atomic mass is 32.2. The zero-order valence-corrected chi connectivity index (χ0v) is 18.7. The van der Waals surface area contributed by atoms with Gasteiger partial charge < -0.3 is 4.57 Å². The summed E-state index contributed by atoms with van der Waals surface area (Å²) in [5.41, 5.74) is 5.01. The van der Waals surface area contributed by atoms with Gasteiger partial charge in [-0.2, -0.15) is 5.26 Å². The molecule has 0 saturated carbocycles. The van der Waals surface area contributed by atoms with Crippen LogP contribution in [0.25, 0.3) is 17.0 Å². The number of carbonyl (C=O) groups is 2. The van der Waals surface area contributed by atoms with E-state index in [4.69, 9.17) is 0 Å². The minimum Gasteiger partial charge on any atom is -0.340 e. The number of benzene rings is 3. The first-order valence-corrected chi connectivity index (χ1v) is 11.3. The molecule has 1 aliphatic rings. The Hall–Kier alpha value is -4.08. The lowest BCUT2D eigenvalue weighted by atomic mass is 10.1. The number of nitrogens with zero attached hydrogens (tertiary/aromatic N) is 3. The Morgan fingerprint density at radius 3 is 2.42 bits per heavy atom. The predicted octanol–water partition coefficient (Wildman–Crippen LogP) is 6.11. The second-order valence-electron chi connectivity index (χ2n) is 7.72. The molecule has 0 bridgehead atoms. The van der Waals surface area contributed by atoms with Crippen molar-refractivity contribution in [1.82, 2.24) is 4.57 Å². The van der Waals surface area contributed by atoms with Crippen LogP contribution in [-0.4, -0.2) is 15.7 Å². The molecule has 6 heteroatoms. The highest BCUT2D eigenvalue weighted by Crippen LogP contribution is 2.38. The van der Waals surface area contributed by atoms with Gasteiger partial charge in [-0.05, 0) is 54.6 Å². The second-order valence-corrected chi connectivity index (χ2v) is 8.72. The van der Waals surface area contributed by atoms with Crippen LogP contribution in [0.4, 0.5) is 10.5 Å². The molecule has 160 valence electrons. The van der Waals surface area contributed by atoms with Gasteiger partial charge >= 0.3 is 0 Å². The quantitative estimate of drug-likeness (QED) is 0.353. The topological polar surface area (TPSA) is 66.1 Å². The summed E-state index contributed by atoms with van der Waals surface area (Å²) in [5, 5.41) is 10.2. The van der Waals surface area contributed by atoms with Crippen LogP contribution in [0.2, 0.25) is 0 Å².